The molecular formula is C32H42N8O. The number of likely N-dealkylation sites (tertiary alicyclic amines) is 2. The summed E-state index contributed by atoms with van der Waals surface area (Å²) in [5.41, 5.74) is 18.9. The Morgan fingerprint density at radius 3 is 2.49 bits per heavy atom. The third-order valence-electron chi connectivity index (χ3n) is 10.2. The number of hydrogen-bond donors (Lipinski definition) is 4. The first kappa shape index (κ1) is 26.3. The molecule has 3 fully saturated rings. The fourth-order valence-electron chi connectivity index (χ4n) is 8.08. The number of rotatable bonds is 5. The Kier molecular flexibility index (Phi) is 6.47. The zero-order valence-electron chi connectivity index (χ0n) is 24.2. The number of fused-ring (bicyclic) bond motifs is 1. The lowest BCUT2D eigenvalue weighted by atomic mass is 9.60. The van der Waals surface area contributed by atoms with E-state index < -0.39 is 0 Å². The molecule has 0 amide bonds. The molecular weight excluding hydrogens is 512 g/mol. The minimum Gasteiger partial charge on any atom is -0.507 e. The molecule has 6 N–H and O–H groups in total. The van der Waals surface area contributed by atoms with Gasteiger partial charge in [0, 0.05) is 72.6 Å². The van der Waals surface area contributed by atoms with E-state index in [1.54, 1.807) is 12.1 Å². The number of nitrogens with zero attached hydrogens (tertiary/aromatic N) is 5. The Hall–Kier alpha value is -3.56. The fourth-order valence-corrected chi connectivity index (χ4v) is 8.08. The zero-order valence-corrected chi connectivity index (χ0v) is 24.2. The van der Waals surface area contributed by atoms with Crippen molar-refractivity contribution in [2.75, 3.05) is 50.4 Å². The van der Waals surface area contributed by atoms with E-state index in [0.29, 0.717) is 28.4 Å². The van der Waals surface area contributed by atoms with Crippen LogP contribution in [0.1, 0.15) is 72.5 Å². The third-order valence-corrected chi connectivity index (χ3v) is 10.2. The van der Waals surface area contributed by atoms with Crippen LogP contribution in [0.4, 0.5) is 11.8 Å². The number of nitrogens with two attached hydrogens (primary N) is 2. The Labute approximate surface area is 242 Å². The lowest BCUT2D eigenvalue weighted by Crippen LogP contribution is -2.65. The number of para-hydroxylation sites is 1. The number of aromatic nitrogens is 3. The standard InChI is InChI=1S/C32H42N8O/c1-20-29-25(13-26(33)24-5-3-4-6-28(24)41)30(34)37-27(29)9-12-40(20)31-35-16-22(17-36-31)21-7-10-39(11-8-21)23-14-32(15-23)18-38(2)19-32/h3-6,13,16-17,20-21,23,37,41H,7-12,14-15,18-19,33-34H2,1-2H3/b26-13-. The maximum Gasteiger partial charge on any atom is 0.225 e. The highest BCUT2D eigenvalue weighted by Gasteiger charge is 2.52. The molecule has 3 aliphatic heterocycles. The molecule has 9 heteroatoms. The summed E-state index contributed by atoms with van der Waals surface area (Å²) in [4.78, 5) is 20.5. The molecule has 3 aromatic rings. The largest absolute Gasteiger partial charge is 0.507 e. The summed E-state index contributed by atoms with van der Waals surface area (Å²) in [7, 11) is 2.24. The number of H-pyrrole nitrogens is 1. The second-order valence-electron chi connectivity index (χ2n) is 12.9. The SMILES string of the molecule is CC1c2c([nH]c(N)c2/C=C(\N)c2ccccc2O)CCN1c1ncc(C2CCN(C3CC4(C3)CN(C)C4)CC2)cn1. The van der Waals surface area contributed by atoms with E-state index in [4.69, 9.17) is 21.4 Å². The highest BCUT2D eigenvalue weighted by molar-refractivity contribution is 5.86. The van der Waals surface area contributed by atoms with Gasteiger partial charge in [0.2, 0.25) is 5.95 Å². The van der Waals surface area contributed by atoms with Crippen molar-refractivity contribution in [2.24, 2.45) is 11.1 Å². The summed E-state index contributed by atoms with van der Waals surface area (Å²) < 4.78 is 0. The molecule has 1 atom stereocenters. The van der Waals surface area contributed by atoms with Gasteiger partial charge in [-0.15, -0.1) is 0 Å². The highest BCUT2D eigenvalue weighted by atomic mass is 16.3. The van der Waals surface area contributed by atoms with E-state index in [0.717, 1.165) is 41.8 Å². The molecule has 7 rings (SSSR count). The number of nitrogen functional groups attached to an aromatic ring is 1. The number of aromatic hydroxyl groups is 1. The molecule has 1 unspecified atom stereocenters. The minimum absolute atomic E-state index is 0.0195. The first-order valence-electron chi connectivity index (χ1n) is 15.1. The second kappa shape index (κ2) is 10.1. The van der Waals surface area contributed by atoms with Crippen LogP contribution in [0.15, 0.2) is 36.7 Å². The molecule has 1 aromatic carbocycles. The van der Waals surface area contributed by atoms with Gasteiger partial charge in [-0.3, -0.25) is 0 Å². The van der Waals surface area contributed by atoms with Crippen molar-refractivity contribution in [1.82, 2.24) is 24.8 Å². The average molecular weight is 555 g/mol. The van der Waals surface area contributed by atoms with Gasteiger partial charge in [-0.05, 0) is 87.8 Å². The van der Waals surface area contributed by atoms with Crippen molar-refractivity contribution < 1.29 is 5.11 Å². The number of nitrogens with one attached hydrogen (secondary N) is 1. The maximum absolute atomic E-state index is 10.3. The summed E-state index contributed by atoms with van der Waals surface area (Å²) >= 11 is 0. The Morgan fingerprint density at radius 1 is 1.10 bits per heavy atom. The van der Waals surface area contributed by atoms with Gasteiger partial charge in [0.25, 0.3) is 0 Å². The van der Waals surface area contributed by atoms with Gasteiger partial charge < -0.3 is 36.3 Å². The smallest absolute Gasteiger partial charge is 0.225 e. The van der Waals surface area contributed by atoms with Crippen LogP contribution < -0.4 is 16.4 Å². The zero-order chi connectivity index (χ0) is 28.3. The highest BCUT2D eigenvalue weighted by Crippen LogP contribution is 2.50. The molecule has 0 radical (unpaired) electrons. The van der Waals surface area contributed by atoms with Crippen LogP contribution in [0.3, 0.4) is 0 Å². The molecule has 1 spiro atoms. The molecule has 2 aromatic heterocycles. The third kappa shape index (κ3) is 4.65. The van der Waals surface area contributed by atoms with Gasteiger partial charge in [0.05, 0.1) is 6.04 Å². The van der Waals surface area contributed by atoms with Crippen LogP contribution in [0.25, 0.3) is 11.8 Å². The second-order valence-corrected chi connectivity index (χ2v) is 12.9. The molecule has 216 valence electrons. The first-order chi connectivity index (χ1) is 19.8. The predicted molar refractivity (Wildman–Crippen MR) is 163 cm³/mol. The Balaban J connectivity index is 1.02. The summed E-state index contributed by atoms with van der Waals surface area (Å²) in [6.07, 6.45) is 11.9. The van der Waals surface area contributed by atoms with Crippen LogP contribution >= 0.6 is 0 Å². The maximum atomic E-state index is 10.3. The number of hydrogen-bond acceptors (Lipinski definition) is 8. The Bertz CT molecular complexity index is 1440. The molecule has 9 nitrogen and oxygen atoms in total. The van der Waals surface area contributed by atoms with Gasteiger partial charge in [-0.1, -0.05) is 12.1 Å². The van der Waals surface area contributed by atoms with E-state index in [1.807, 2.05) is 18.2 Å². The molecule has 5 heterocycles. The van der Waals surface area contributed by atoms with Crippen LogP contribution in [-0.4, -0.2) is 75.7 Å². The van der Waals surface area contributed by atoms with Crippen LogP contribution in [0.5, 0.6) is 5.75 Å². The number of piperidine rings is 1. The topological polar surface area (TPSA) is 124 Å². The van der Waals surface area contributed by atoms with Crippen molar-refractivity contribution in [3.8, 4) is 5.75 Å². The van der Waals surface area contributed by atoms with E-state index in [-0.39, 0.29) is 11.8 Å². The molecule has 0 bridgehead atoms. The first-order valence-corrected chi connectivity index (χ1v) is 15.1. The molecule has 4 aliphatic rings. The average Bonchev–Trinajstić information content (AvgIpc) is 3.26. The lowest BCUT2D eigenvalue weighted by molar-refractivity contribution is -0.102. The summed E-state index contributed by atoms with van der Waals surface area (Å²) in [5.74, 6) is 2.02. The fraction of sp³-hybridized carbons (Fsp3) is 0.500. The van der Waals surface area contributed by atoms with Crippen LogP contribution in [0.2, 0.25) is 0 Å². The molecule has 2 saturated heterocycles. The normalized spacial score (nSPS) is 23.8. The number of anilines is 2. The quantitative estimate of drug-likeness (QED) is 0.374. The number of aromatic amines is 1. The minimum atomic E-state index is 0.0195. The molecule has 41 heavy (non-hydrogen) atoms. The van der Waals surface area contributed by atoms with Crippen molar-refractivity contribution >= 4 is 23.5 Å². The van der Waals surface area contributed by atoms with Gasteiger partial charge in [0.15, 0.2) is 0 Å². The van der Waals surface area contributed by atoms with Gasteiger partial charge in [-0.2, -0.15) is 0 Å². The van der Waals surface area contributed by atoms with Crippen molar-refractivity contribution in [3.05, 3.63) is 64.6 Å². The van der Waals surface area contributed by atoms with Crippen molar-refractivity contribution in [2.45, 2.75) is 57.0 Å². The molecule has 1 saturated carbocycles. The lowest BCUT2D eigenvalue weighted by Gasteiger charge is -2.61. The van der Waals surface area contributed by atoms with Gasteiger partial charge in [-0.25, -0.2) is 9.97 Å². The molecule has 1 aliphatic carbocycles. The van der Waals surface area contributed by atoms with Crippen molar-refractivity contribution in [1.29, 1.82) is 0 Å². The number of phenols is 1. The van der Waals surface area contributed by atoms with Gasteiger partial charge in [0.1, 0.15) is 11.6 Å². The number of phenolic OH excluding ortho intramolecular Hbond substituents is 1. The van der Waals surface area contributed by atoms with E-state index >= 15 is 0 Å². The van der Waals surface area contributed by atoms with Gasteiger partial charge >= 0.3 is 0 Å². The van der Waals surface area contributed by atoms with Crippen LogP contribution in [-0.2, 0) is 6.42 Å². The van der Waals surface area contributed by atoms with E-state index in [2.05, 4.69) is 46.0 Å². The van der Waals surface area contributed by atoms with Crippen LogP contribution in [0, 0.1) is 5.41 Å². The summed E-state index contributed by atoms with van der Waals surface area (Å²) in [6.45, 7) is 7.93. The summed E-state index contributed by atoms with van der Waals surface area (Å²) in [6, 6.07) is 7.90. The summed E-state index contributed by atoms with van der Waals surface area (Å²) in [5, 5.41) is 10.3. The predicted octanol–water partition coefficient (Wildman–Crippen LogP) is 3.95. The number of benzene rings is 1. The van der Waals surface area contributed by atoms with Crippen molar-refractivity contribution in [3.63, 3.8) is 0 Å². The van der Waals surface area contributed by atoms with E-state index in [1.165, 1.54) is 57.4 Å². The van der Waals surface area contributed by atoms with E-state index in [9.17, 15) is 5.11 Å². The monoisotopic (exact) mass is 554 g/mol. The Morgan fingerprint density at radius 2 is 1.80 bits per heavy atom.